The summed E-state index contributed by atoms with van der Waals surface area (Å²) in [5.41, 5.74) is 3.26. The summed E-state index contributed by atoms with van der Waals surface area (Å²) in [7, 11) is 0. The van der Waals surface area contributed by atoms with E-state index in [2.05, 4.69) is 0 Å². The second-order valence-electron chi connectivity index (χ2n) is 8.82. The summed E-state index contributed by atoms with van der Waals surface area (Å²) in [5.74, 6) is -0.161. The number of ether oxygens (including phenoxy) is 4. The van der Waals surface area contributed by atoms with Gasteiger partial charge in [0, 0.05) is 0 Å². The first-order valence-electron chi connectivity index (χ1n) is 11.6. The molecular weight excluding hydrogens is 471 g/mol. The molecule has 0 radical (unpaired) electrons. The molecule has 1 saturated heterocycles. The lowest BCUT2D eigenvalue weighted by Gasteiger charge is -2.37. The van der Waals surface area contributed by atoms with Crippen LogP contribution in [0.25, 0.3) is 0 Å². The SMILES string of the molecule is ClC1(Cl)[C@@H]2[C@@H](OCc3ccccc3)[C@H](OCc3ccccc3)[C@@H](COCc3ccccc3)O[C@@H]21. The van der Waals surface area contributed by atoms with Crippen molar-refractivity contribution in [2.75, 3.05) is 6.61 Å². The van der Waals surface area contributed by atoms with E-state index in [1.807, 2.05) is 91.0 Å². The second kappa shape index (κ2) is 10.8. The first-order chi connectivity index (χ1) is 16.6. The second-order valence-corrected chi connectivity index (χ2v) is 10.3. The van der Waals surface area contributed by atoms with Gasteiger partial charge in [-0.3, -0.25) is 0 Å². The van der Waals surface area contributed by atoms with E-state index in [1.54, 1.807) is 0 Å². The van der Waals surface area contributed by atoms with Crippen molar-refractivity contribution in [2.24, 2.45) is 5.92 Å². The van der Waals surface area contributed by atoms with Gasteiger partial charge in [-0.2, -0.15) is 0 Å². The average molecular weight is 499 g/mol. The Kier molecular flexibility index (Phi) is 7.55. The van der Waals surface area contributed by atoms with Gasteiger partial charge in [0.25, 0.3) is 0 Å². The Labute approximate surface area is 210 Å². The Morgan fingerprint density at radius 2 is 1.12 bits per heavy atom. The molecule has 0 N–H and O–H groups in total. The lowest BCUT2D eigenvalue weighted by Crippen LogP contribution is -2.50. The third kappa shape index (κ3) is 5.49. The van der Waals surface area contributed by atoms with Crippen LogP contribution in [0.4, 0.5) is 0 Å². The molecule has 3 aromatic rings. The van der Waals surface area contributed by atoms with Gasteiger partial charge >= 0.3 is 0 Å². The number of halogens is 2. The van der Waals surface area contributed by atoms with E-state index in [4.69, 9.17) is 42.1 Å². The highest BCUT2D eigenvalue weighted by Crippen LogP contribution is 2.61. The molecule has 2 aliphatic rings. The van der Waals surface area contributed by atoms with Crippen LogP contribution in [-0.2, 0) is 38.8 Å². The standard InChI is InChI=1S/C28H28Cl2O4/c29-28(30)24-26(33-18-22-14-8-3-9-15-22)25(32-17-21-12-6-2-7-13-21)23(34-27(24)28)19-31-16-20-10-4-1-5-11-20/h1-15,23-27H,16-19H2/t23-,24-,25-,26-,27+/m1/s1. The zero-order valence-corrected chi connectivity index (χ0v) is 20.3. The van der Waals surface area contributed by atoms with Crippen LogP contribution >= 0.6 is 23.2 Å². The maximum absolute atomic E-state index is 6.63. The van der Waals surface area contributed by atoms with Crippen LogP contribution in [0.2, 0.25) is 0 Å². The molecule has 0 unspecified atom stereocenters. The van der Waals surface area contributed by atoms with E-state index in [9.17, 15) is 0 Å². The van der Waals surface area contributed by atoms with E-state index in [0.29, 0.717) is 26.4 Å². The smallest absolute Gasteiger partial charge is 0.152 e. The Morgan fingerprint density at radius 1 is 0.647 bits per heavy atom. The molecule has 6 heteroatoms. The fourth-order valence-electron chi connectivity index (χ4n) is 4.50. The van der Waals surface area contributed by atoms with Crippen LogP contribution in [0.1, 0.15) is 16.7 Å². The maximum Gasteiger partial charge on any atom is 0.152 e. The van der Waals surface area contributed by atoms with Crippen molar-refractivity contribution in [3.63, 3.8) is 0 Å². The normalized spacial score (nSPS) is 27.2. The Morgan fingerprint density at radius 3 is 1.65 bits per heavy atom. The van der Waals surface area contributed by atoms with Gasteiger partial charge in [0.1, 0.15) is 12.2 Å². The van der Waals surface area contributed by atoms with E-state index >= 15 is 0 Å². The molecule has 5 rings (SSSR count). The molecule has 4 nitrogen and oxygen atoms in total. The van der Waals surface area contributed by atoms with Crippen LogP contribution in [-0.4, -0.2) is 35.4 Å². The van der Waals surface area contributed by atoms with Gasteiger partial charge in [0.05, 0.1) is 44.6 Å². The predicted molar refractivity (Wildman–Crippen MR) is 133 cm³/mol. The molecule has 178 valence electrons. The molecule has 1 aliphatic carbocycles. The predicted octanol–water partition coefficient (Wildman–Crippen LogP) is 5.95. The summed E-state index contributed by atoms with van der Waals surface area (Å²) in [4.78, 5) is 0. The molecule has 0 bridgehead atoms. The summed E-state index contributed by atoms with van der Waals surface area (Å²) in [6, 6.07) is 30.2. The van der Waals surface area contributed by atoms with Crippen molar-refractivity contribution in [3.8, 4) is 0 Å². The molecule has 1 saturated carbocycles. The van der Waals surface area contributed by atoms with Gasteiger partial charge in [-0.15, -0.1) is 0 Å². The lowest BCUT2D eigenvalue weighted by molar-refractivity contribution is -0.201. The number of hydrogen-bond donors (Lipinski definition) is 0. The van der Waals surface area contributed by atoms with E-state index in [1.165, 1.54) is 0 Å². The highest BCUT2D eigenvalue weighted by atomic mass is 35.5. The third-order valence-corrected chi connectivity index (χ3v) is 7.30. The summed E-state index contributed by atoms with van der Waals surface area (Å²) in [6.45, 7) is 1.72. The zero-order valence-electron chi connectivity index (χ0n) is 18.8. The van der Waals surface area contributed by atoms with Crippen LogP contribution in [0, 0.1) is 5.92 Å². The monoisotopic (exact) mass is 498 g/mol. The topological polar surface area (TPSA) is 36.9 Å². The van der Waals surface area contributed by atoms with Gasteiger partial charge < -0.3 is 18.9 Å². The fraction of sp³-hybridized carbons (Fsp3) is 0.357. The van der Waals surface area contributed by atoms with Crippen molar-refractivity contribution in [1.29, 1.82) is 0 Å². The van der Waals surface area contributed by atoms with E-state index in [0.717, 1.165) is 16.7 Å². The summed E-state index contributed by atoms with van der Waals surface area (Å²) in [5, 5.41) is 0. The fourth-order valence-corrected chi connectivity index (χ4v) is 5.23. The van der Waals surface area contributed by atoms with Gasteiger partial charge in [-0.25, -0.2) is 0 Å². The van der Waals surface area contributed by atoms with Gasteiger partial charge in [-0.1, -0.05) is 114 Å². The number of alkyl halides is 2. The van der Waals surface area contributed by atoms with Crippen molar-refractivity contribution < 1.29 is 18.9 Å². The summed E-state index contributed by atoms with van der Waals surface area (Å²) >= 11 is 13.3. The van der Waals surface area contributed by atoms with Crippen molar-refractivity contribution in [1.82, 2.24) is 0 Å². The molecule has 0 spiro atoms. The third-order valence-electron chi connectivity index (χ3n) is 6.37. The number of benzene rings is 3. The first-order valence-corrected chi connectivity index (χ1v) is 12.3. The highest BCUT2D eigenvalue weighted by Gasteiger charge is 2.73. The van der Waals surface area contributed by atoms with Gasteiger partial charge in [0.2, 0.25) is 0 Å². The quantitative estimate of drug-likeness (QED) is 0.324. The molecule has 0 aromatic heterocycles. The van der Waals surface area contributed by atoms with Crippen molar-refractivity contribution in [2.45, 2.75) is 48.6 Å². The Bertz CT molecular complexity index is 1030. The molecule has 34 heavy (non-hydrogen) atoms. The van der Waals surface area contributed by atoms with Crippen LogP contribution in [0.15, 0.2) is 91.0 Å². The van der Waals surface area contributed by atoms with Gasteiger partial charge in [-0.05, 0) is 16.7 Å². The Balaban J connectivity index is 1.32. The molecule has 1 aliphatic heterocycles. The maximum atomic E-state index is 6.63. The van der Waals surface area contributed by atoms with Crippen molar-refractivity contribution in [3.05, 3.63) is 108 Å². The van der Waals surface area contributed by atoms with E-state index in [-0.39, 0.29) is 30.3 Å². The molecular formula is C28H28Cl2O4. The molecule has 3 aromatic carbocycles. The highest BCUT2D eigenvalue weighted by molar-refractivity contribution is 6.51. The lowest BCUT2D eigenvalue weighted by atomic mass is 10.0. The molecule has 2 fully saturated rings. The summed E-state index contributed by atoms with van der Waals surface area (Å²) in [6.07, 6.45) is -1.35. The van der Waals surface area contributed by atoms with Crippen LogP contribution in [0.3, 0.4) is 0 Å². The van der Waals surface area contributed by atoms with Gasteiger partial charge in [0.15, 0.2) is 4.33 Å². The number of fused-ring (bicyclic) bond motifs is 1. The summed E-state index contributed by atoms with van der Waals surface area (Å²) < 4.78 is 24.2. The van der Waals surface area contributed by atoms with Crippen LogP contribution < -0.4 is 0 Å². The largest absolute Gasteiger partial charge is 0.374 e. The van der Waals surface area contributed by atoms with Crippen LogP contribution in [0.5, 0.6) is 0 Å². The molecule has 0 amide bonds. The number of rotatable bonds is 10. The minimum atomic E-state index is -0.996. The minimum absolute atomic E-state index is 0.161. The number of hydrogen-bond acceptors (Lipinski definition) is 4. The minimum Gasteiger partial charge on any atom is -0.374 e. The molecule has 1 heterocycles. The molecule has 5 atom stereocenters. The Hall–Kier alpha value is -1.92. The van der Waals surface area contributed by atoms with Crippen molar-refractivity contribution >= 4 is 23.2 Å². The zero-order chi connectivity index (χ0) is 23.4. The average Bonchev–Trinajstić information content (AvgIpc) is 3.43. The van der Waals surface area contributed by atoms with E-state index < -0.39 is 4.33 Å². The first kappa shape index (κ1) is 23.8.